The van der Waals surface area contributed by atoms with Crippen LogP contribution in [0.15, 0.2) is 53.1 Å². The number of para-hydroxylation sites is 1. The summed E-state index contributed by atoms with van der Waals surface area (Å²) in [6, 6.07) is 14.4. The first-order valence-electron chi connectivity index (χ1n) is 10.4. The summed E-state index contributed by atoms with van der Waals surface area (Å²) in [4.78, 5) is 18.8. The molecule has 0 unspecified atom stereocenters. The van der Waals surface area contributed by atoms with Gasteiger partial charge < -0.3 is 18.9 Å². The molecular formula is C23H24ClN3O4. The molecular weight excluding hydrogens is 418 g/mol. The lowest BCUT2D eigenvalue weighted by Crippen LogP contribution is -2.35. The summed E-state index contributed by atoms with van der Waals surface area (Å²) in [6.45, 7) is 1.71. The van der Waals surface area contributed by atoms with Crippen molar-refractivity contribution >= 4 is 17.5 Å². The second kappa shape index (κ2) is 10.3. The Morgan fingerprint density at radius 2 is 1.74 bits per heavy atom. The van der Waals surface area contributed by atoms with Gasteiger partial charge >= 0.3 is 0 Å². The van der Waals surface area contributed by atoms with E-state index in [1.165, 1.54) is 12.8 Å². The molecule has 1 aliphatic heterocycles. The maximum absolute atomic E-state index is 12.5. The fourth-order valence-electron chi connectivity index (χ4n) is 3.43. The minimum absolute atomic E-state index is 0.00173. The highest BCUT2D eigenvalue weighted by molar-refractivity contribution is 6.30. The van der Waals surface area contributed by atoms with E-state index in [0.29, 0.717) is 33.8 Å². The Bertz CT molecular complexity index is 998. The Morgan fingerprint density at radius 1 is 1.00 bits per heavy atom. The molecule has 7 nitrogen and oxygen atoms in total. The monoisotopic (exact) mass is 441 g/mol. The van der Waals surface area contributed by atoms with Gasteiger partial charge in [0, 0.05) is 18.1 Å². The number of nitrogens with zero attached hydrogens (tertiary/aromatic N) is 3. The number of halogens is 1. The SMILES string of the molecule is O=C(COc1ccccc1-c1noc(COc2ccc(Cl)cc2)n1)N1CCCCCC1. The molecule has 8 heteroatoms. The van der Waals surface area contributed by atoms with E-state index in [9.17, 15) is 4.79 Å². The maximum Gasteiger partial charge on any atom is 0.264 e. The largest absolute Gasteiger partial charge is 0.484 e. The molecule has 0 saturated carbocycles. The zero-order valence-electron chi connectivity index (χ0n) is 17.1. The minimum Gasteiger partial charge on any atom is -0.484 e. The zero-order valence-corrected chi connectivity index (χ0v) is 17.9. The van der Waals surface area contributed by atoms with Crippen LogP contribution in [0.1, 0.15) is 31.6 Å². The fourth-order valence-corrected chi connectivity index (χ4v) is 3.55. The van der Waals surface area contributed by atoms with Crippen LogP contribution in [0, 0.1) is 0 Å². The topological polar surface area (TPSA) is 77.7 Å². The van der Waals surface area contributed by atoms with E-state index in [4.69, 9.17) is 25.6 Å². The van der Waals surface area contributed by atoms with Crippen LogP contribution in [0.5, 0.6) is 11.5 Å². The number of ether oxygens (including phenoxy) is 2. The van der Waals surface area contributed by atoms with Crippen molar-refractivity contribution in [3.63, 3.8) is 0 Å². The van der Waals surface area contributed by atoms with Crippen molar-refractivity contribution < 1.29 is 18.8 Å². The molecule has 3 aromatic rings. The van der Waals surface area contributed by atoms with Crippen molar-refractivity contribution in [1.82, 2.24) is 15.0 Å². The summed E-state index contributed by atoms with van der Waals surface area (Å²) < 4.78 is 16.8. The average molecular weight is 442 g/mol. The molecule has 0 atom stereocenters. The number of amides is 1. The number of benzene rings is 2. The first-order chi connectivity index (χ1) is 15.2. The van der Waals surface area contributed by atoms with Gasteiger partial charge in [-0.1, -0.05) is 41.7 Å². The highest BCUT2D eigenvalue weighted by Crippen LogP contribution is 2.28. The summed E-state index contributed by atoms with van der Waals surface area (Å²) in [5.74, 6) is 1.91. The molecule has 2 aromatic carbocycles. The number of aromatic nitrogens is 2. The molecule has 1 aromatic heterocycles. The molecule has 0 N–H and O–H groups in total. The van der Waals surface area contributed by atoms with E-state index in [2.05, 4.69) is 10.1 Å². The van der Waals surface area contributed by atoms with Gasteiger partial charge in [0.1, 0.15) is 11.5 Å². The van der Waals surface area contributed by atoms with Crippen LogP contribution in [-0.4, -0.2) is 40.6 Å². The molecule has 1 aliphatic rings. The van der Waals surface area contributed by atoms with Crippen LogP contribution in [-0.2, 0) is 11.4 Å². The molecule has 4 rings (SSSR count). The van der Waals surface area contributed by atoms with E-state index < -0.39 is 0 Å². The van der Waals surface area contributed by atoms with E-state index in [0.717, 1.165) is 25.9 Å². The quantitative estimate of drug-likeness (QED) is 0.526. The van der Waals surface area contributed by atoms with Crippen molar-refractivity contribution in [2.45, 2.75) is 32.3 Å². The molecule has 1 saturated heterocycles. The number of rotatable bonds is 7. The van der Waals surface area contributed by atoms with E-state index in [1.54, 1.807) is 30.3 Å². The van der Waals surface area contributed by atoms with Crippen molar-refractivity contribution in [1.29, 1.82) is 0 Å². The average Bonchev–Trinajstić information content (AvgIpc) is 3.10. The molecule has 0 aliphatic carbocycles. The van der Waals surface area contributed by atoms with Crippen LogP contribution in [0.3, 0.4) is 0 Å². The van der Waals surface area contributed by atoms with Gasteiger partial charge in [0.2, 0.25) is 5.82 Å². The molecule has 2 heterocycles. The number of hydrogen-bond donors (Lipinski definition) is 0. The van der Waals surface area contributed by atoms with Gasteiger partial charge in [-0.15, -0.1) is 0 Å². The third kappa shape index (κ3) is 5.76. The highest BCUT2D eigenvalue weighted by Gasteiger charge is 2.18. The number of likely N-dealkylation sites (tertiary alicyclic amines) is 1. The number of hydrogen-bond acceptors (Lipinski definition) is 6. The van der Waals surface area contributed by atoms with Gasteiger partial charge in [-0.25, -0.2) is 0 Å². The third-order valence-corrected chi connectivity index (χ3v) is 5.33. The van der Waals surface area contributed by atoms with Crippen molar-refractivity contribution in [3.8, 4) is 22.9 Å². The van der Waals surface area contributed by atoms with Gasteiger partial charge in [0.25, 0.3) is 11.8 Å². The van der Waals surface area contributed by atoms with Gasteiger partial charge in [0.05, 0.1) is 5.56 Å². The third-order valence-electron chi connectivity index (χ3n) is 5.08. The predicted molar refractivity (Wildman–Crippen MR) is 116 cm³/mol. The zero-order chi connectivity index (χ0) is 21.5. The Hall–Kier alpha value is -3.06. The standard InChI is InChI=1S/C23H24ClN3O4/c24-17-9-11-18(12-10-17)29-15-21-25-23(26-31-21)19-7-3-4-8-20(19)30-16-22(28)27-13-5-1-2-6-14-27/h3-4,7-12H,1-2,5-6,13-16H2. The van der Waals surface area contributed by atoms with Gasteiger partial charge in [-0.05, 0) is 49.2 Å². The van der Waals surface area contributed by atoms with Crippen molar-refractivity contribution in [2.75, 3.05) is 19.7 Å². The summed E-state index contributed by atoms with van der Waals surface area (Å²) in [5, 5.41) is 4.68. The van der Waals surface area contributed by atoms with Gasteiger partial charge in [-0.3, -0.25) is 4.79 Å². The Labute approximate surface area is 185 Å². The molecule has 0 radical (unpaired) electrons. The molecule has 162 valence electrons. The van der Waals surface area contributed by atoms with Crippen LogP contribution in [0.2, 0.25) is 5.02 Å². The molecule has 31 heavy (non-hydrogen) atoms. The molecule has 0 bridgehead atoms. The van der Waals surface area contributed by atoms with Crippen LogP contribution in [0.4, 0.5) is 0 Å². The number of carbonyl (C=O) groups excluding carboxylic acids is 1. The predicted octanol–water partition coefficient (Wildman–Crippen LogP) is 4.75. The molecule has 1 amide bonds. The summed E-state index contributed by atoms with van der Waals surface area (Å²) in [6.07, 6.45) is 4.45. The lowest BCUT2D eigenvalue weighted by molar-refractivity contribution is -0.133. The van der Waals surface area contributed by atoms with Crippen LogP contribution < -0.4 is 9.47 Å². The second-order valence-corrected chi connectivity index (χ2v) is 7.77. The second-order valence-electron chi connectivity index (χ2n) is 7.33. The summed E-state index contributed by atoms with van der Waals surface area (Å²) >= 11 is 5.88. The summed E-state index contributed by atoms with van der Waals surface area (Å²) in [7, 11) is 0. The molecule has 0 spiro atoms. The minimum atomic E-state index is -0.0125. The van der Waals surface area contributed by atoms with E-state index in [1.807, 2.05) is 23.1 Å². The van der Waals surface area contributed by atoms with Crippen LogP contribution in [0.25, 0.3) is 11.4 Å². The van der Waals surface area contributed by atoms with Crippen molar-refractivity contribution in [3.05, 3.63) is 59.4 Å². The van der Waals surface area contributed by atoms with Crippen molar-refractivity contribution in [2.24, 2.45) is 0 Å². The maximum atomic E-state index is 12.5. The fraction of sp³-hybridized carbons (Fsp3) is 0.348. The molecule has 1 fully saturated rings. The number of carbonyl (C=O) groups is 1. The Balaban J connectivity index is 1.38. The van der Waals surface area contributed by atoms with Gasteiger partial charge in [0.15, 0.2) is 13.2 Å². The Morgan fingerprint density at radius 3 is 2.52 bits per heavy atom. The highest BCUT2D eigenvalue weighted by atomic mass is 35.5. The first-order valence-corrected chi connectivity index (χ1v) is 10.8. The van der Waals surface area contributed by atoms with E-state index >= 15 is 0 Å². The van der Waals surface area contributed by atoms with Gasteiger partial charge in [-0.2, -0.15) is 4.98 Å². The lowest BCUT2D eigenvalue weighted by atomic mass is 10.2. The smallest absolute Gasteiger partial charge is 0.264 e. The lowest BCUT2D eigenvalue weighted by Gasteiger charge is -2.20. The summed E-state index contributed by atoms with van der Waals surface area (Å²) in [5.41, 5.74) is 0.660. The van der Waals surface area contributed by atoms with Crippen LogP contribution >= 0.6 is 11.6 Å². The Kier molecular flexibility index (Phi) is 7.04. The first kappa shape index (κ1) is 21.2. The normalized spacial score (nSPS) is 14.2. The van der Waals surface area contributed by atoms with E-state index in [-0.39, 0.29) is 19.1 Å².